The number of pyridine rings is 1. The van der Waals surface area contributed by atoms with E-state index in [-0.39, 0.29) is 17.9 Å². The number of fused-ring (bicyclic) bond motifs is 1. The Hall–Kier alpha value is -2.69. The molecule has 0 saturated heterocycles. The van der Waals surface area contributed by atoms with Gasteiger partial charge in [0.2, 0.25) is 0 Å². The van der Waals surface area contributed by atoms with E-state index in [9.17, 15) is 9.18 Å². The summed E-state index contributed by atoms with van der Waals surface area (Å²) in [5.41, 5.74) is 1.64. The molecule has 20 heavy (non-hydrogen) atoms. The molecule has 0 aliphatic carbocycles. The second-order valence-electron chi connectivity index (χ2n) is 4.26. The molecule has 3 aromatic rings. The molecule has 0 atom stereocenters. The molecule has 0 amide bonds. The lowest BCUT2D eigenvalue weighted by molar-refractivity contribution is 0.111. The van der Waals surface area contributed by atoms with Gasteiger partial charge in [-0.25, -0.2) is 9.37 Å². The number of hydrogen-bond donors (Lipinski definition) is 0. The van der Waals surface area contributed by atoms with E-state index >= 15 is 0 Å². The highest BCUT2D eigenvalue weighted by Gasteiger charge is 2.10. The molecule has 2 heterocycles. The highest BCUT2D eigenvalue weighted by Crippen LogP contribution is 2.22. The van der Waals surface area contributed by atoms with Gasteiger partial charge in [0.15, 0.2) is 17.9 Å². The van der Waals surface area contributed by atoms with Crippen LogP contribution < -0.4 is 4.74 Å². The molecule has 4 nitrogen and oxygen atoms in total. The molecule has 5 heteroatoms. The number of halogens is 1. The van der Waals surface area contributed by atoms with Crippen LogP contribution in [0.5, 0.6) is 5.75 Å². The van der Waals surface area contributed by atoms with Crippen molar-refractivity contribution in [1.29, 1.82) is 0 Å². The molecule has 0 N–H and O–H groups in total. The Balaban J connectivity index is 1.84. The summed E-state index contributed by atoms with van der Waals surface area (Å²) >= 11 is 0. The molecule has 0 radical (unpaired) electrons. The van der Waals surface area contributed by atoms with Gasteiger partial charge in [-0.3, -0.25) is 4.79 Å². The third-order valence-electron chi connectivity index (χ3n) is 2.90. The van der Waals surface area contributed by atoms with Gasteiger partial charge in [0.25, 0.3) is 0 Å². The zero-order valence-corrected chi connectivity index (χ0v) is 10.5. The van der Waals surface area contributed by atoms with Crippen LogP contribution in [-0.2, 0) is 6.61 Å². The van der Waals surface area contributed by atoms with Crippen molar-refractivity contribution in [2.24, 2.45) is 0 Å². The minimum atomic E-state index is -0.557. The molecule has 0 spiro atoms. The van der Waals surface area contributed by atoms with Gasteiger partial charge in [0.05, 0.1) is 11.3 Å². The Morgan fingerprint density at radius 3 is 2.95 bits per heavy atom. The van der Waals surface area contributed by atoms with Crippen molar-refractivity contribution in [3.8, 4) is 5.75 Å². The number of carbonyl (C=O) groups excluding carboxylic acids is 1. The van der Waals surface area contributed by atoms with Crippen molar-refractivity contribution in [3.63, 3.8) is 0 Å². The number of nitrogens with zero attached hydrogens (tertiary/aromatic N) is 2. The molecular weight excluding hydrogens is 259 g/mol. The summed E-state index contributed by atoms with van der Waals surface area (Å²) in [6.45, 7) is 0.101. The first-order valence-electron chi connectivity index (χ1n) is 6.07. The maximum atomic E-state index is 13.6. The van der Waals surface area contributed by atoms with Crippen molar-refractivity contribution in [1.82, 2.24) is 9.38 Å². The fraction of sp³-hybridized carbons (Fsp3) is 0.0667. The first-order chi connectivity index (χ1) is 9.78. The number of rotatable bonds is 4. The van der Waals surface area contributed by atoms with Crippen LogP contribution in [0.3, 0.4) is 0 Å². The molecule has 0 saturated carbocycles. The van der Waals surface area contributed by atoms with E-state index in [1.165, 1.54) is 18.2 Å². The summed E-state index contributed by atoms with van der Waals surface area (Å²) in [6, 6.07) is 9.87. The van der Waals surface area contributed by atoms with Crippen molar-refractivity contribution < 1.29 is 13.9 Å². The van der Waals surface area contributed by atoms with E-state index in [0.717, 1.165) is 5.65 Å². The van der Waals surface area contributed by atoms with Gasteiger partial charge < -0.3 is 9.14 Å². The Kier molecular flexibility index (Phi) is 3.16. The van der Waals surface area contributed by atoms with Gasteiger partial charge in [0.1, 0.15) is 12.3 Å². The first-order valence-corrected chi connectivity index (χ1v) is 6.07. The fourth-order valence-corrected chi connectivity index (χ4v) is 1.97. The van der Waals surface area contributed by atoms with Crippen molar-refractivity contribution in [3.05, 3.63) is 65.9 Å². The summed E-state index contributed by atoms with van der Waals surface area (Å²) in [5, 5.41) is 0. The molecule has 0 aliphatic heterocycles. The summed E-state index contributed by atoms with van der Waals surface area (Å²) in [4.78, 5) is 15.2. The quantitative estimate of drug-likeness (QED) is 0.685. The lowest BCUT2D eigenvalue weighted by Gasteiger charge is -2.07. The van der Waals surface area contributed by atoms with Gasteiger partial charge in [-0.1, -0.05) is 12.1 Å². The molecule has 3 rings (SSSR count). The highest BCUT2D eigenvalue weighted by molar-refractivity contribution is 5.79. The van der Waals surface area contributed by atoms with Gasteiger partial charge in [-0.15, -0.1) is 0 Å². The van der Waals surface area contributed by atoms with Gasteiger partial charge in [0, 0.05) is 12.4 Å². The lowest BCUT2D eigenvalue weighted by atomic mass is 10.2. The maximum Gasteiger partial charge on any atom is 0.166 e. The second kappa shape index (κ2) is 5.13. The third kappa shape index (κ3) is 2.25. The molecule has 0 unspecified atom stereocenters. The summed E-state index contributed by atoms with van der Waals surface area (Å²) in [6.07, 6.45) is 4.24. The highest BCUT2D eigenvalue weighted by atomic mass is 19.1. The van der Waals surface area contributed by atoms with Gasteiger partial charge in [-0.2, -0.15) is 0 Å². The summed E-state index contributed by atoms with van der Waals surface area (Å²) in [7, 11) is 0. The Morgan fingerprint density at radius 2 is 2.15 bits per heavy atom. The molecular formula is C15H11FN2O2. The van der Waals surface area contributed by atoms with Gasteiger partial charge in [-0.05, 0) is 24.3 Å². The first kappa shape index (κ1) is 12.3. The summed E-state index contributed by atoms with van der Waals surface area (Å²) < 4.78 is 20.9. The number of hydrogen-bond acceptors (Lipinski definition) is 3. The fourth-order valence-electron chi connectivity index (χ4n) is 1.97. The van der Waals surface area contributed by atoms with Crippen molar-refractivity contribution >= 4 is 11.9 Å². The van der Waals surface area contributed by atoms with E-state index in [1.807, 2.05) is 28.8 Å². The van der Waals surface area contributed by atoms with Crippen LogP contribution in [0.15, 0.2) is 48.8 Å². The number of imidazole rings is 1. The standard InChI is InChI=1S/C15H11FN2O2/c16-13-5-3-4-11(9-19)15(13)20-10-12-8-18-7-2-1-6-14(18)17-12/h1-9H,10H2. The van der Waals surface area contributed by atoms with Crippen LogP contribution in [0.1, 0.15) is 16.1 Å². The van der Waals surface area contributed by atoms with Gasteiger partial charge >= 0.3 is 0 Å². The third-order valence-corrected chi connectivity index (χ3v) is 2.90. The number of ether oxygens (including phenoxy) is 1. The van der Waals surface area contributed by atoms with Crippen LogP contribution in [0.2, 0.25) is 0 Å². The normalized spacial score (nSPS) is 10.7. The number of carbonyl (C=O) groups is 1. The number of benzene rings is 1. The minimum absolute atomic E-state index is 0.0421. The topological polar surface area (TPSA) is 43.6 Å². The zero-order chi connectivity index (χ0) is 13.9. The monoisotopic (exact) mass is 270 g/mol. The van der Waals surface area contributed by atoms with E-state index in [4.69, 9.17) is 4.74 Å². The number of para-hydroxylation sites is 1. The molecule has 0 aliphatic rings. The molecule has 2 aromatic heterocycles. The average Bonchev–Trinajstić information content (AvgIpc) is 2.88. The summed E-state index contributed by atoms with van der Waals surface area (Å²) in [5.74, 6) is -0.599. The Labute approximate surface area is 114 Å². The maximum absolute atomic E-state index is 13.6. The van der Waals surface area contributed by atoms with Crippen LogP contribution >= 0.6 is 0 Å². The number of aldehydes is 1. The largest absolute Gasteiger partial charge is 0.483 e. The van der Waals surface area contributed by atoms with E-state index in [2.05, 4.69) is 4.98 Å². The zero-order valence-electron chi connectivity index (χ0n) is 10.5. The molecule has 0 fully saturated rings. The smallest absolute Gasteiger partial charge is 0.166 e. The molecule has 100 valence electrons. The molecule has 1 aromatic carbocycles. The SMILES string of the molecule is O=Cc1cccc(F)c1OCc1cn2ccccc2n1. The van der Waals surface area contributed by atoms with E-state index < -0.39 is 5.82 Å². The minimum Gasteiger partial charge on any atom is -0.483 e. The predicted octanol–water partition coefficient (Wildman–Crippen LogP) is 2.86. The molecule has 0 bridgehead atoms. The Bertz CT molecular complexity index is 734. The van der Waals surface area contributed by atoms with Crippen LogP contribution in [-0.4, -0.2) is 15.7 Å². The predicted molar refractivity (Wildman–Crippen MR) is 71.3 cm³/mol. The van der Waals surface area contributed by atoms with Crippen molar-refractivity contribution in [2.45, 2.75) is 6.61 Å². The van der Waals surface area contributed by atoms with Crippen LogP contribution in [0.4, 0.5) is 4.39 Å². The van der Waals surface area contributed by atoms with Crippen LogP contribution in [0.25, 0.3) is 5.65 Å². The second-order valence-corrected chi connectivity index (χ2v) is 4.26. The van der Waals surface area contributed by atoms with E-state index in [1.54, 1.807) is 6.20 Å². The number of aromatic nitrogens is 2. The lowest BCUT2D eigenvalue weighted by Crippen LogP contribution is -2.00. The Morgan fingerprint density at radius 1 is 1.25 bits per heavy atom. The van der Waals surface area contributed by atoms with Crippen molar-refractivity contribution in [2.75, 3.05) is 0 Å². The average molecular weight is 270 g/mol. The van der Waals surface area contributed by atoms with Crippen LogP contribution in [0, 0.1) is 5.82 Å². The van der Waals surface area contributed by atoms with E-state index in [0.29, 0.717) is 12.0 Å².